The molecule has 1 heterocycles. The minimum absolute atomic E-state index is 0.243. The number of thioether (sulfide) groups is 1. The van der Waals surface area contributed by atoms with E-state index in [1.54, 1.807) is 25.3 Å². The number of aryl methyl sites for hydroxylation is 1. The Morgan fingerprint density at radius 2 is 1.97 bits per heavy atom. The van der Waals surface area contributed by atoms with Crippen LogP contribution in [0.25, 0.3) is 5.69 Å². The summed E-state index contributed by atoms with van der Waals surface area (Å²) in [6, 6.07) is 10.7. The number of rotatable bonds is 11. The van der Waals surface area contributed by atoms with Gasteiger partial charge < -0.3 is 14.2 Å². The minimum atomic E-state index is -0.611. The Morgan fingerprint density at radius 3 is 2.58 bits per heavy atom. The highest BCUT2D eigenvalue weighted by molar-refractivity contribution is 7.99. The van der Waals surface area contributed by atoms with E-state index in [4.69, 9.17) is 25.8 Å². The predicted molar refractivity (Wildman–Crippen MR) is 127 cm³/mol. The van der Waals surface area contributed by atoms with Crippen molar-refractivity contribution in [2.75, 3.05) is 27.4 Å². The molecular formula is C22H23ClN4O5S. The van der Waals surface area contributed by atoms with Crippen LogP contribution in [0.2, 0.25) is 5.02 Å². The molecule has 0 spiro atoms. The topological polar surface area (TPSA) is 102 Å². The SMILES string of the molecule is C=CCOc1c(Cl)cc([C@H](C[N+](=O)[O-])Sc2nnc(C)n2-c2ccc(OC)cc2)cc1OC. The molecule has 174 valence electrons. The molecule has 0 fully saturated rings. The molecule has 9 nitrogen and oxygen atoms in total. The lowest BCUT2D eigenvalue weighted by molar-refractivity contribution is -0.479. The summed E-state index contributed by atoms with van der Waals surface area (Å²) in [6.45, 7) is 5.32. The second-order valence-corrected chi connectivity index (χ2v) is 8.40. The lowest BCUT2D eigenvalue weighted by atomic mass is 10.1. The third kappa shape index (κ3) is 5.77. The number of aromatic nitrogens is 3. The van der Waals surface area contributed by atoms with Gasteiger partial charge in [0.25, 0.3) is 0 Å². The Bertz CT molecular complexity index is 1140. The maximum Gasteiger partial charge on any atom is 0.220 e. The number of nitro groups is 1. The Hall–Kier alpha value is -3.24. The molecule has 0 saturated carbocycles. The average Bonchev–Trinajstić information content (AvgIpc) is 3.16. The molecule has 33 heavy (non-hydrogen) atoms. The van der Waals surface area contributed by atoms with Gasteiger partial charge in [0, 0.05) is 10.6 Å². The molecule has 0 bridgehead atoms. The Morgan fingerprint density at radius 1 is 1.24 bits per heavy atom. The number of ether oxygens (including phenoxy) is 3. The van der Waals surface area contributed by atoms with Gasteiger partial charge in [-0.2, -0.15) is 0 Å². The Balaban J connectivity index is 2.00. The van der Waals surface area contributed by atoms with E-state index in [1.807, 2.05) is 35.8 Å². The first kappa shape index (κ1) is 24.4. The van der Waals surface area contributed by atoms with Crippen LogP contribution in [0.3, 0.4) is 0 Å². The normalized spacial score (nSPS) is 11.6. The largest absolute Gasteiger partial charge is 0.497 e. The molecule has 1 aromatic heterocycles. The van der Waals surface area contributed by atoms with Crippen LogP contribution >= 0.6 is 23.4 Å². The van der Waals surface area contributed by atoms with E-state index < -0.39 is 5.25 Å². The lowest BCUT2D eigenvalue weighted by Crippen LogP contribution is -2.12. The highest BCUT2D eigenvalue weighted by Crippen LogP contribution is 2.43. The lowest BCUT2D eigenvalue weighted by Gasteiger charge is -2.18. The van der Waals surface area contributed by atoms with Gasteiger partial charge >= 0.3 is 0 Å². The zero-order chi connectivity index (χ0) is 24.0. The highest BCUT2D eigenvalue weighted by Gasteiger charge is 2.26. The zero-order valence-corrected chi connectivity index (χ0v) is 19.9. The summed E-state index contributed by atoms with van der Waals surface area (Å²) >= 11 is 7.65. The van der Waals surface area contributed by atoms with E-state index in [0.717, 1.165) is 5.69 Å². The van der Waals surface area contributed by atoms with Gasteiger partial charge in [0.05, 0.1) is 19.2 Å². The van der Waals surface area contributed by atoms with Gasteiger partial charge in [-0.05, 0) is 48.9 Å². The number of nitrogens with zero attached hydrogens (tertiary/aromatic N) is 4. The summed E-state index contributed by atoms with van der Waals surface area (Å²) in [5.74, 6) is 2.09. The molecule has 2 aromatic carbocycles. The van der Waals surface area contributed by atoms with Gasteiger partial charge in [0.15, 0.2) is 16.7 Å². The van der Waals surface area contributed by atoms with Crippen molar-refractivity contribution in [3.8, 4) is 22.9 Å². The molecular weight excluding hydrogens is 468 g/mol. The van der Waals surface area contributed by atoms with Crippen molar-refractivity contribution in [3.63, 3.8) is 0 Å². The molecule has 0 saturated heterocycles. The number of methoxy groups -OCH3 is 2. The molecule has 1 atom stereocenters. The second kappa shape index (κ2) is 11.1. The Kier molecular flexibility index (Phi) is 8.18. The van der Waals surface area contributed by atoms with Crippen LogP contribution in [0.5, 0.6) is 17.2 Å². The molecule has 3 aromatic rings. The van der Waals surface area contributed by atoms with E-state index in [-0.39, 0.29) is 23.1 Å². The molecule has 0 radical (unpaired) electrons. The fourth-order valence-corrected chi connectivity index (χ4v) is 4.56. The minimum Gasteiger partial charge on any atom is -0.497 e. The van der Waals surface area contributed by atoms with Crippen molar-refractivity contribution in [1.29, 1.82) is 0 Å². The maximum atomic E-state index is 11.5. The monoisotopic (exact) mass is 490 g/mol. The van der Waals surface area contributed by atoms with Gasteiger partial charge in [-0.3, -0.25) is 14.7 Å². The van der Waals surface area contributed by atoms with Gasteiger partial charge in [0.1, 0.15) is 23.4 Å². The molecule has 0 unspecified atom stereocenters. The fraction of sp³-hybridized carbons (Fsp3) is 0.273. The van der Waals surface area contributed by atoms with E-state index >= 15 is 0 Å². The highest BCUT2D eigenvalue weighted by atomic mass is 35.5. The van der Waals surface area contributed by atoms with Crippen molar-refractivity contribution < 1.29 is 19.1 Å². The van der Waals surface area contributed by atoms with Gasteiger partial charge in [0.2, 0.25) is 6.54 Å². The number of hydrogen-bond donors (Lipinski definition) is 0. The molecule has 3 rings (SSSR count). The second-order valence-electron chi connectivity index (χ2n) is 6.82. The van der Waals surface area contributed by atoms with Gasteiger partial charge in [-0.25, -0.2) is 0 Å². The fourth-order valence-electron chi connectivity index (χ4n) is 3.13. The summed E-state index contributed by atoms with van der Waals surface area (Å²) in [4.78, 5) is 11.1. The van der Waals surface area contributed by atoms with Crippen LogP contribution in [-0.4, -0.2) is 47.1 Å². The van der Waals surface area contributed by atoms with Crippen molar-refractivity contribution in [3.05, 3.63) is 75.6 Å². The molecule has 0 aliphatic heterocycles. The zero-order valence-electron chi connectivity index (χ0n) is 18.4. The number of halogens is 1. The number of hydrogen-bond acceptors (Lipinski definition) is 8. The summed E-state index contributed by atoms with van der Waals surface area (Å²) in [5.41, 5.74) is 1.41. The van der Waals surface area contributed by atoms with Crippen LogP contribution in [0.15, 0.2) is 54.2 Å². The molecule has 0 aliphatic rings. The van der Waals surface area contributed by atoms with Crippen molar-refractivity contribution in [2.24, 2.45) is 0 Å². The summed E-state index contributed by atoms with van der Waals surface area (Å²) in [6.07, 6.45) is 1.59. The van der Waals surface area contributed by atoms with Crippen LogP contribution < -0.4 is 14.2 Å². The van der Waals surface area contributed by atoms with Crippen LogP contribution in [-0.2, 0) is 0 Å². The van der Waals surface area contributed by atoms with Gasteiger partial charge in [-0.15, -0.1) is 10.2 Å². The van der Waals surface area contributed by atoms with Crippen molar-refractivity contribution >= 4 is 23.4 Å². The summed E-state index contributed by atoms with van der Waals surface area (Å²) in [7, 11) is 3.07. The average molecular weight is 491 g/mol. The van der Waals surface area contributed by atoms with Crippen LogP contribution in [0, 0.1) is 17.0 Å². The van der Waals surface area contributed by atoms with Crippen molar-refractivity contribution in [2.45, 2.75) is 17.3 Å². The quantitative estimate of drug-likeness (QED) is 0.161. The number of benzene rings is 2. The third-order valence-corrected chi connectivity index (χ3v) is 6.12. The standard InChI is InChI=1S/C22H23ClN4O5S/c1-5-10-32-21-18(23)11-15(12-19(21)31-4)20(13-26(28)29)33-22-25-24-14(2)27(22)16-6-8-17(30-3)9-7-16/h5-9,11-12,20H,1,10,13H2,2-4H3/t20-/m0/s1. The van der Waals surface area contributed by atoms with Gasteiger partial charge in [-0.1, -0.05) is 36.0 Å². The maximum absolute atomic E-state index is 11.5. The van der Waals surface area contributed by atoms with Crippen LogP contribution in [0.1, 0.15) is 16.6 Å². The van der Waals surface area contributed by atoms with Crippen molar-refractivity contribution in [1.82, 2.24) is 14.8 Å². The smallest absolute Gasteiger partial charge is 0.220 e. The predicted octanol–water partition coefficient (Wildman–Crippen LogP) is 4.92. The van der Waals surface area contributed by atoms with E-state index in [0.29, 0.717) is 33.8 Å². The summed E-state index contributed by atoms with van der Waals surface area (Å²) < 4.78 is 18.1. The Labute approximate surface area is 200 Å². The molecule has 0 aliphatic carbocycles. The first-order valence-electron chi connectivity index (χ1n) is 9.84. The first-order chi connectivity index (χ1) is 15.9. The molecule has 0 N–H and O–H groups in total. The molecule has 11 heteroatoms. The van der Waals surface area contributed by atoms with Crippen LogP contribution in [0.4, 0.5) is 0 Å². The first-order valence-corrected chi connectivity index (χ1v) is 11.1. The summed E-state index contributed by atoms with van der Waals surface area (Å²) in [5, 5.41) is 20.1. The third-order valence-electron chi connectivity index (χ3n) is 4.66. The van der Waals surface area contributed by atoms with E-state index in [1.165, 1.54) is 18.9 Å². The van der Waals surface area contributed by atoms with E-state index in [9.17, 15) is 10.1 Å². The molecule has 0 amide bonds. The van der Waals surface area contributed by atoms with E-state index in [2.05, 4.69) is 16.8 Å².